The number of para-hydroxylation sites is 2. The van der Waals surface area contributed by atoms with E-state index >= 15 is 0 Å². The zero-order chi connectivity index (χ0) is 30.9. The summed E-state index contributed by atoms with van der Waals surface area (Å²) in [4.78, 5) is -0.562. The van der Waals surface area contributed by atoms with Gasteiger partial charge in [-0.05, 0) is 36.6 Å². The number of aliphatic hydroxyl groups is 1. The van der Waals surface area contributed by atoms with Crippen molar-refractivity contribution in [2.24, 2.45) is 11.1 Å². The largest absolute Gasteiger partial charge is 0.487 e. The number of nitrogens with one attached hydrogen (secondary N) is 3. The van der Waals surface area contributed by atoms with Crippen molar-refractivity contribution in [2.75, 3.05) is 25.1 Å². The summed E-state index contributed by atoms with van der Waals surface area (Å²) in [5.74, 6) is 1.77. The number of hydrogen-bond acceptors (Lipinski definition) is 9. The third-order valence-electron chi connectivity index (χ3n) is 6.70. The highest BCUT2D eigenvalue weighted by molar-refractivity contribution is 7.90. The fraction of sp³-hybridized carbons (Fsp3) is 0.500. The third-order valence-corrected chi connectivity index (χ3v) is 9.59. The van der Waals surface area contributed by atoms with Crippen LogP contribution in [0.1, 0.15) is 46.0 Å². The average molecular weight is 682 g/mol. The van der Waals surface area contributed by atoms with Crippen molar-refractivity contribution in [3.05, 3.63) is 54.1 Å². The zero-order valence-electron chi connectivity index (χ0n) is 24.3. The Labute approximate surface area is 266 Å². The summed E-state index contributed by atoms with van der Waals surface area (Å²) in [5.41, 5.74) is 0.296. The Kier molecular flexibility index (Phi) is 14.5. The maximum atomic E-state index is 12.4. The smallest absolute Gasteiger partial charge is 0.244 e. The lowest BCUT2D eigenvalue weighted by molar-refractivity contribution is 0.102. The minimum absolute atomic E-state index is 0. The molecule has 1 aliphatic heterocycles. The fourth-order valence-electron chi connectivity index (χ4n) is 4.70. The minimum Gasteiger partial charge on any atom is -0.487 e. The molecule has 0 spiro atoms. The first-order chi connectivity index (χ1) is 19.8. The fourth-order valence-corrected chi connectivity index (χ4v) is 7.21. The number of rotatable bonds is 12. The first-order valence-electron chi connectivity index (χ1n) is 13.8. The van der Waals surface area contributed by atoms with Crippen molar-refractivity contribution in [3.63, 3.8) is 0 Å². The molecule has 0 saturated heterocycles. The van der Waals surface area contributed by atoms with Crippen LogP contribution in [0.4, 0.5) is 5.69 Å². The Balaban J connectivity index is 0.000000299. The topological polar surface area (TPSA) is 169 Å². The van der Waals surface area contributed by atoms with Gasteiger partial charge in [-0.25, -0.2) is 22.0 Å². The number of sulfonamides is 2. The van der Waals surface area contributed by atoms with E-state index in [4.69, 9.17) is 26.2 Å². The number of nitrogens with two attached hydrogens (primary N) is 1. The molecular weight excluding hydrogens is 639 g/mol. The van der Waals surface area contributed by atoms with Crippen molar-refractivity contribution in [1.82, 2.24) is 10.0 Å². The molecule has 0 aromatic heterocycles. The first kappa shape index (κ1) is 37.1. The van der Waals surface area contributed by atoms with Gasteiger partial charge in [-0.1, -0.05) is 75.9 Å². The van der Waals surface area contributed by atoms with Gasteiger partial charge in [0, 0.05) is 12.6 Å². The highest BCUT2D eigenvalue weighted by Gasteiger charge is 2.33. The maximum Gasteiger partial charge on any atom is 0.244 e. The van der Waals surface area contributed by atoms with Crippen LogP contribution in [0.3, 0.4) is 0 Å². The summed E-state index contributed by atoms with van der Waals surface area (Å²) in [6.07, 6.45) is 5.93. The number of aliphatic hydroxyl groups excluding tert-OH is 1. The maximum absolute atomic E-state index is 12.4. The molecule has 4 rings (SSSR count). The average Bonchev–Trinajstić information content (AvgIpc) is 3.42. The summed E-state index contributed by atoms with van der Waals surface area (Å²) in [6, 6.07) is 10.0. The molecule has 43 heavy (non-hydrogen) atoms. The molecule has 0 radical (unpaired) electrons. The van der Waals surface area contributed by atoms with E-state index in [0.717, 1.165) is 18.9 Å². The molecule has 11 nitrogen and oxygen atoms in total. The van der Waals surface area contributed by atoms with Crippen LogP contribution in [0, 0.1) is 5.92 Å². The van der Waals surface area contributed by atoms with E-state index in [1.807, 2.05) is 38.1 Å². The van der Waals surface area contributed by atoms with Gasteiger partial charge in [-0.15, -0.1) is 12.4 Å². The Hall–Kier alpha value is -2.10. The van der Waals surface area contributed by atoms with E-state index in [1.165, 1.54) is 18.9 Å². The molecule has 6 N–H and O–H groups in total. The lowest BCUT2D eigenvalue weighted by Gasteiger charge is -2.30. The molecule has 1 aliphatic carbocycles. The van der Waals surface area contributed by atoms with Crippen LogP contribution in [-0.2, 0) is 20.0 Å². The normalized spacial score (nSPS) is 18.3. The van der Waals surface area contributed by atoms with E-state index in [-0.39, 0.29) is 28.9 Å². The number of ether oxygens (including phenoxy) is 2. The van der Waals surface area contributed by atoms with Gasteiger partial charge in [-0.2, -0.15) is 4.72 Å². The number of halogens is 2. The number of fused-ring (bicyclic) bond motifs is 1. The van der Waals surface area contributed by atoms with Crippen LogP contribution in [0.5, 0.6) is 11.5 Å². The Morgan fingerprint density at radius 1 is 1.19 bits per heavy atom. The zero-order valence-corrected chi connectivity index (χ0v) is 27.5. The van der Waals surface area contributed by atoms with Crippen molar-refractivity contribution >= 4 is 49.7 Å². The number of primary sulfonamides is 1. The lowest BCUT2D eigenvalue weighted by atomic mass is 10.0. The standard InChI is InChI=1S/C15H23NO3.C13H18ClN3O4S2.ClH/c1-4-9-18-14-7-5-6-8-15(14)19-11-13(17)10-16-12(2)3;14-9-6-10-12(7-11(9)22(15,18)19)23(20,21)17-13(16-10)5-8-3-1-2-4-8;/h4-8,12-13,16-17H,1,9-11H2,2-3H3;6-8,13,16-17H,1-5H2,(H2,15,18,19);1H. The Bertz CT molecular complexity index is 1420. The van der Waals surface area contributed by atoms with Crippen LogP contribution in [0.2, 0.25) is 5.02 Å². The molecular formula is C28H42Cl2N4O7S2. The van der Waals surface area contributed by atoms with E-state index < -0.39 is 37.2 Å². The number of benzene rings is 2. The van der Waals surface area contributed by atoms with Gasteiger partial charge in [0.05, 0.1) is 16.9 Å². The molecule has 15 heteroatoms. The van der Waals surface area contributed by atoms with E-state index in [1.54, 1.807) is 6.08 Å². The molecule has 1 fully saturated rings. The summed E-state index contributed by atoms with van der Waals surface area (Å²) in [7, 11) is -7.92. The first-order valence-corrected chi connectivity index (χ1v) is 17.2. The Morgan fingerprint density at radius 2 is 1.81 bits per heavy atom. The lowest BCUT2D eigenvalue weighted by Crippen LogP contribution is -2.45. The number of anilines is 1. The van der Waals surface area contributed by atoms with Gasteiger partial charge in [0.2, 0.25) is 20.0 Å². The van der Waals surface area contributed by atoms with E-state index in [9.17, 15) is 21.9 Å². The Morgan fingerprint density at radius 3 is 2.40 bits per heavy atom. The van der Waals surface area contributed by atoms with Gasteiger partial charge in [-0.3, -0.25) is 0 Å². The quantitative estimate of drug-likeness (QED) is 0.208. The molecule has 2 aliphatic rings. The van der Waals surface area contributed by atoms with Crippen LogP contribution < -0.4 is 30.0 Å². The van der Waals surface area contributed by atoms with Crippen LogP contribution in [0.15, 0.2) is 58.8 Å². The predicted octanol–water partition coefficient (Wildman–Crippen LogP) is 4.01. The molecule has 1 saturated carbocycles. The molecule has 2 unspecified atom stereocenters. The molecule has 2 aromatic carbocycles. The summed E-state index contributed by atoms with van der Waals surface area (Å²) in [5, 5.41) is 21.0. The second-order valence-corrected chi connectivity index (χ2v) is 14.2. The van der Waals surface area contributed by atoms with Gasteiger partial charge < -0.3 is 25.2 Å². The second kappa shape index (κ2) is 16.8. The minimum atomic E-state index is -4.10. The van der Waals surface area contributed by atoms with Gasteiger partial charge >= 0.3 is 0 Å². The van der Waals surface area contributed by atoms with Crippen LogP contribution >= 0.6 is 24.0 Å². The summed E-state index contributed by atoms with van der Waals surface area (Å²) < 4.78 is 61.5. The van der Waals surface area contributed by atoms with Gasteiger partial charge in [0.25, 0.3) is 0 Å². The van der Waals surface area contributed by atoms with Crippen molar-refractivity contribution in [2.45, 2.75) is 74.1 Å². The highest BCUT2D eigenvalue weighted by atomic mass is 35.5. The predicted molar refractivity (Wildman–Crippen MR) is 171 cm³/mol. The van der Waals surface area contributed by atoms with E-state index in [2.05, 4.69) is 21.9 Å². The second-order valence-electron chi connectivity index (χ2n) is 10.6. The van der Waals surface area contributed by atoms with Crippen molar-refractivity contribution in [3.8, 4) is 11.5 Å². The molecule has 2 aromatic rings. The van der Waals surface area contributed by atoms with Crippen LogP contribution in [0.25, 0.3) is 0 Å². The molecule has 1 heterocycles. The highest BCUT2D eigenvalue weighted by Crippen LogP contribution is 2.36. The van der Waals surface area contributed by atoms with Crippen LogP contribution in [-0.4, -0.2) is 60.0 Å². The SMILES string of the molecule is C=CCOc1ccccc1OCC(O)CNC(C)C.Cl.NS(=O)(=O)c1cc2c(cc1Cl)NC(CC1CCCC1)NS2(=O)=O. The molecule has 242 valence electrons. The molecule has 0 amide bonds. The summed E-state index contributed by atoms with van der Waals surface area (Å²) >= 11 is 5.94. The third kappa shape index (κ3) is 11.4. The van der Waals surface area contributed by atoms with Gasteiger partial charge in [0.15, 0.2) is 11.5 Å². The summed E-state index contributed by atoms with van der Waals surface area (Å²) in [6.45, 7) is 8.84. The van der Waals surface area contributed by atoms with Crippen molar-refractivity contribution < 1.29 is 31.4 Å². The monoisotopic (exact) mass is 680 g/mol. The van der Waals surface area contributed by atoms with Gasteiger partial charge in [0.1, 0.15) is 29.1 Å². The molecule has 0 bridgehead atoms. The number of hydrogen-bond donors (Lipinski definition) is 5. The van der Waals surface area contributed by atoms with E-state index in [0.29, 0.717) is 48.7 Å². The molecule has 2 atom stereocenters. The van der Waals surface area contributed by atoms with Crippen molar-refractivity contribution in [1.29, 1.82) is 0 Å².